The molecule has 36 heavy (non-hydrogen) atoms. The second-order valence-electron chi connectivity index (χ2n) is 11.0. The van der Waals surface area contributed by atoms with Crippen LogP contribution in [0.5, 0.6) is 5.75 Å². The maximum absolute atomic E-state index is 12.3. The molecule has 2 fully saturated rings. The quantitative estimate of drug-likeness (QED) is 0.513. The number of amides is 1. The third kappa shape index (κ3) is 5.14. The highest BCUT2D eigenvalue weighted by molar-refractivity contribution is 5.96. The van der Waals surface area contributed by atoms with E-state index in [1.54, 1.807) is 17.0 Å². The van der Waals surface area contributed by atoms with E-state index in [-0.39, 0.29) is 18.1 Å². The van der Waals surface area contributed by atoms with Gasteiger partial charge in [-0.05, 0) is 75.4 Å². The number of hydrogen-bond donors (Lipinski definition) is 1. The van der Waals surface area contributed by atoms with Crippen LogP contribution in [0.3, 0.4) is 0 Å². The number of benzene rings is 2. The van der Waals surface area contributed by atoms with E-state index in [0.29, 0.717) is 19.0 Å². The molecule has 2 aromatic carbocycles. The minimum atomic E-state index is -0.485. The summed E-state index contributed by atoms with van der Waals surface area (Å²) in [4.78, 5) is 16.4. The fourth-order valence-electron chi connectivity index (χ4n) is 5.06. The maximum Gasteiger partial charge on any atom is 0.410 e. The number of carbonyl (C=O) groups excluding carboxylic acids is 1. The van der Waals surface area contributed by atoms with Crippen molar-refractivity contribution in [1.29, 1.82) is 0 Å². The van der Waals surface area contributed by atoms with Gasteiger partial charge < -0.3 is 24.4 Å². The predicted molar refractivity (Wildman–Crippen MR) is 140 cm³/mol. The molecule has 0 aliphatic carbocycles. The first-order valence-electron chi connectivity index (χ1n) is 12.8. The van der Waals surface area contributed by atoms with Gasteiger partial charge in [0.25, 0.3) is 0 Å². The lowest BCUT2D eigenvalue weighted by Gasteiger charge is -2.41. The molecular weight excluding hydrogens is 456 g/mol. The van der Waals surface area contributed by atoms with E-state index in [9.17, 15) is 9.90 Å². The van der Waals surface area contributed by atoms with Gasteiger partial charge in [0.1, 0.15) is 11.4 Å². The average molecular weight is 493 g/mol. The van der Waals surface area contributed by atoms with Crippen LogP contribution >= 0.6 is 0 Å². The molecule has 8 nitrogen and oxygen atoms in total. The van der Waals surface area contributed by atoms with Gasteiger partial charge in [-0.1, -0.05) is 12.1 Å². The van der Waals surface area contributed by atoms with Crippen LogP contribution in [0.2, 0.25) is 0 Å². The van der Waals surface area contributed by atoms with Crippen molar-refractivity contribution in [2.75, 3.05) is 38.2 Å². The van der Waals surface area contributed by atoms with Gasteiger partial charge in [-0.3, -0.25) is 0 Å². The van der Waals surface area contributed by atoms with Gasteiger partial charge in [0.15, 0.2) is 6.23 Å². The van der Waals surface area contributed by atoms with E-state index in [1.807, 2.05) is 43.8 Å². The van der Waals surface area contributed by atoms with E-state index in [1.165, 1.54) is 0 Å². The Balaban J connectivity index is 1.41. The number of aromatic hydroxyl groups is 1. The van der Waals surface area contributed by atoms with Crippen molar-refractivity contribution in [3.05, 3.63) is 42.6 Å². The van der Waals surface area contributed by atoms with Gasteiger partial charge in [0.05, 0.1) is 11.7 Å². The van der Waals surface area contributed by atoms with Crippen LogP contribution in [0.4, 0.5) is 10.5 Å². The fourth-order valence-corrected chi connectivity index (χ4v) is 5.06. The molecule has 0 radical (unpaired) electrons. The Morgan fingerprint density at radius 1 is 1.17 bits per heavy atom. The molecular formula is C28H36N4O4. The van der Waals surface area contributed by atoms with Crippen molar-refractivity contribution in [3.63, 3.8) is 0 Å². The van der Waals surface area contributed by atoms with Gasteiger partial charge in [0.2, 0.25) is 0 Å². The highest BCUT2D eigenvalue weighted by atomic mass is 16.6. The van der Waals surface area contributed by atoms with Crippen LogP contribution in [-0.2, 0) is 9.47 Å². The number of phenols is 1. The Kier molecular flexibility index (Phi) is 6.55. The molecule has 0 saturated carbocycles. The monoisotopic (exact) mass is 492 g/mol. The first kappa shape index (κ1) is 24.4. The van der Waals surface area contributed by atoms with E-state index >= 15 is 0 Å². The van der Waals surface area contributed by atoms with Crippen LogP contribution < -0.4 is 4.90 Å². The van der Waals surface area contributed by atoms with Crippen molar-refractivity contribution < 1.29 is 19.4 Å². The Bertz CT molecular complexity index is 1220. The Labute approximate surface area is 212 Å². The zero-order valence-electron chi connectivity index (χ0n) is 21.6. The van der Waals surface area contributed by atoms with Gasteiger partial charge in [-0.25, -0.2) is 9.48 Å². The normalized spacial score (nSPS) is 18.8. The second-order valence-corrected chi connectivity index (χ2v) is 11.0. The topological polar surface area (TPSA) is 80.1 Å². The molecule has 0 bridgehead atoms. The predicted octanol–water partition coefficient (Wildman–Crippen LogP) is 5.41. The van der Waals surface area contributed by atoms with Crippen molar-refractivity contribution in [2.45, 2.75) is 51.9 Å². The summed E-state index contributed by atoms with van der Waals surface area (Å²) in [6.45, 7) is 8.62. The number of nitrogens with zero attached hydrogens (tertiary/aromatic N) is 4. The van der Waals surface area contributed by atoms with Crippen LogP contribution in [0.25, 0.3) is 22.0 Å². The first-order chi connectivity index (χ1) is 17.2. The molecule has 1 unspecified atom stereocenters. The summed E-state index contributed by atoms with van der Waals surface area (Å²) in [5.74, 6) is 0.615. The molecule has 3 aromatic rings. The number of fused-ring (bicyclic) bond motifs is 1. The van der Waals surface area contributed by atoms with Gasteiger partial charge in [0, 0.05) is 50.3 Å². The van der Waals surface area contributed by atoms with Gasteiger partial charge in [-0.2, -0.15) is 5.10 Å². The summed E-state index contributed by atoms with van der Waals surface area (Å²) in [6.07, 6.45) is 4.81. The molecule has 2 aliphatic rings. The summed E-state index contributed by atoms with van der Waals surface area (Å²) >= 11 is 0. The lowest BCUT2D eigenvalue weighted by Crippen LogP contribution is -2.54. The first-order valence-corrected chi connectivity index (χ1v) is 12.8. The minimum absolute atomic E-state index is 0.0570. The summed E-state index contributed by atoms with van der Waals surface area (Å²) in [6, 6.07) is 11.6. The Morgan fingerprint density at radius 2 is 1.92 bits per heavy atom. The van der Waals surface area contributed by atoms with Crippen molar-refractivity contribution in [3.8, 4) is 16.9 Å². The number of likely N-dealkylation sites (tertiary alicyclic amines) is 1. The van der Waals surface area contributed by atoms with Crippen molar-refractivity contribution in [2.24, 2.45) is 5.92 Å². The second kappa shape index (κ2) is 9.65. The Morgan fingerprint density at radius 3 is 2.58 bits per heavy atom. The molecule has 3 heterocycles. The molecule has 2 aliphatic heterocycles. The molecule has 1 amide bonds. The Hall–Kier alpha value is -3.26. The highest BCUT2D eigenvalue weighted by Crippen LogP contribution is 2.36. The average Bonchev–Trinajstić information content (AvgIpc) is 3.24. The van der Waals surface area contributed by atoms with E-state index < -0.39 is 5.60 Å². The number of phenolic OH excluding ortho intramolecular Hbond substituents is 1. The molecule has 0 spiro atoms. The third-order valence-corrected chi connectivity index (χ3v) is 6.88. The SMILES string of the molecule is CN(CC1CN(C(=O)OC(C)(C)C)C1)c1cc(-c2ccc(O)cc2)cc2c1cnn2C1CCCCO1. The maximum atomic E-state index is 12.3. The van der Waals surface area contributed by atoms with Crippen LogP contribution in [0.1, 0.15) is 46.3 Å². The molecule has 192 valence electrons. The van der Waals surface area contributed by atoms with Crippen molar-refractivity contribution >= 4 is 22.7 Å². The number of hydrogen-bond acceptors (Lipinski definition) is 6. The number of rotatable bonds is 5. The lowest BCUT2D eigenvalue weighted by molar-refractivity contribution is -0.0366. The van der Waals surface area contributed by atoms with E-state index in [4.69, 9.17) is 14.6 Å². The summed E-state index contributed by atoms with van der Waals surface area (Å²) in [5.41, 5.74) is 3.74. The molecule has 1 N–H and O–H groups in total. The van der Waals surface area contributed by atoms with Crippen LogP contribution in [-0.4, -0.2) is 64.8 Å². The summed E-state index contributed by atoms with van der Waals surface area (Å²) in [5, 5.41) is 15.6. The van der Waals surface area contributed by atoms with Gasteiger partial charge in [-0.15, -0.1) is 0 Å². The molecule has 8 heteroatoms. The molecule has 5 rings (SSSR count). The molecule has 2 saturated heterocycles. The van der Waals surface area contributed by atoms with Gasteiger partial charge >= 0.3 is 6.09 Å². The molecule has 1 atom stereocenters. The summed E-state index contributed by atoms with van der Waals surface area (Å²) in [7, 11) is 2.10. The number of anilines is 1. The standard InChI is InChI=1S/C28H36N4O4/c1-28(2,3)36-27(34)31-17-19(18-31)16-30(4)24-13-21(20-8-10-22(33)11-9-20)14-25-23(24)15-29-32(25)26-7-5-6-12-35-26/h8-11,13-15,19,26,33H,5-7,12,16-18H2,1-4H3. The number of carbonyl (C=O) groups is 1. The zero-order chi connectivity index (χ0) is 25.4. The zero-order valence-corrected chi connectivity index (χ0v) is 21.6. The smallest absolute Gasteiger partial charge is 0.410 e. The van der Waals surface area contributed by atoms with Crippen LogP contribution in [0.15, 0.2) is 42.6 Å². The van der Waals surface area contributed by atoms with Crippen molar-refractivity contribution in [1.82, 2.24) is 14.7 Å². The number of aromatic nitrogens is 2. The lowest BCUT2D eigenvalue weighted by atomic mass is 9.98. The fraction of sp³-hybridized carbons (Fsp3) is 0.500. The van der Waals surface area contributed by atoms with E-state index in [2.05, 4.69) is 24.1 Å². The highest BCUT2D eigenvalue weighted by Gasteiger charge is 2.34. The van der Waals surface area contributed by atoms with E-state index in [0.717, 1.165) is 60.1 Å². The third-order valence-electron chi connectivity index (χ3n) is 6.88. The number of ether oxygens (including phenoxy) is 2. The summed E-state index contributed by atoms with van der Waals surface area (Å²) < 4.78 is 13.6. The minimum Gasteiger partial charge on any atom is -0.508 e. The van der Waals surface area contributed by atoms with Crippen LogP contribution in [0, 0.1) is 5.92 Å². The largest absolute Gasteiger partial charge is 0.508 e. The molecule has 1 aromatic heterocycles.